The summed E-state index contributed by atoms with van der Waals surface area (Å²) in [4.78, 5) is 37.3. The molecule has 0 unspecified atom stereocenters. The first kappa shape index (κ1) is 20.2. The Morgan fingerprint density at radius 1 is 0.931 bits per heavy atom. The van der Waals surface area contributed by atoms with E-state index in [1.54, 1.807) is 41.4 Å². The fourth-order valence-electron chi connectivity index (χ4n) is 3.03. The van der Waals surface area contributed by atoms with Crippen molar-refractivity contribution in [3.05, 3.63) is 90.0 Å². The van der Waals surface area contributed by atoms with E-state index in [-0.39, 0.29) is 17.5 Å². The molecule has 2 amide bonds. The molecule has 6 heteroatoms. The van der Waals surface area contributed by atoms with E-state index in [0.717, 1.165) is 17.7 Å². The molecule has 2 aromatic heterocycles. The first-order valence-electron chi connectivity index (χ1n) is 9.57. The highest BCUT2D eigenvalue weighted by Crippen LogP contribution is 2.17. The third-order valence-corrected chi connectivity index (χ3v) is 4.69. The lowest BCUT2D eigenvalue weighted by Gasteiger charge is -2.21. The second kappa shape index (κ2) is 9.59. The maximum atomic E-state index is 13.0. The minimum Gasteiger partial charge on any atom is -0.340 e. The molecule has 1 aromatic carbocycles. The summed E-state index contributed by atoms with van der Waals surface area (Å²) in [5.41, 5.74) is 2.63. The van der Waals surface area contributed by atoms with Crippen molar-refractivity contribution in [3.63, 3.8) is 0 Å². The van der Waals surface area contributed by atoms with Gasteiger partial charge in [0, 0.05) is 50.0 Å². The Balaban J connectivity index is 1.72. The number of likely N-dealkylation sites (N-methyl/N-ethyl adjacent to an activating group) is 1. The number of benzene rings is 1. The standard InChI is InChI=1S/C23H24N4O2/c1-3-27(20-7-5-4-6-8-20)22(28)19-11-15-25-21(17-19)23(29)26(2)16-12-18-9-13-24-14-10-18/h4-11,13-15,17H,3,12,16H2,1-2H3. The van der Waals surface area contributed by atoms with E-state index in [2.05, 4.69) is 9.97 Å². The molecule has 0 saturated heterocycles. The van der Waals surface area contributed by atoms with E-state index in [0.29, 0.717) is 18.7 Å². The van der Waals surface area contributed by atoms with Crippen LogP contribution in [0, 0.1) is 0 Å². The molecule has 6 nitrogen and oxygen atoms in total. The molecule has 0 bridgehead atoms. The fourth-order valence-corrected chi connectivity index (χ4v) is 3.03. The van der Waals surface area contributed by atoms with Gasteiger partial charge in [-0.1, -0.05) is 18.2 Å². The molecule has 0 saturated carbocycles. The van der Waals surface area contributed by atoms with Gasteiger partial charge >= 0.3 is 0 Å². The zero-order valence-corrected chi connectivity index (χ0v) is 16.7. The molecule has 0 aliphatic heterocycles. The van der Waals surface area contributed by atoms with E-state index in [1.165, 1.54) is 6.20 Å². The highest BCUT2D eigenvalue weighted by molar-refractivity contribution is 6.07. The molecule has 0 aliphatic rings. The summed E-state index contributed by atoms with van der Waals surface area (Å²) in [5, 5.41) is 0. The minimum atomic E-state index is -0.212. The van der Waals surface area contributed by atoms with Crippen molar-refractivity contribution in [2.24, 2.45) is 0 Å². The summed E-state index contributed by atoms with van der Waals surface area (Å²) in [6.45, 7) is 3.00. The maximum Gasteiger partial charge on any atom is 0.272 e. The Kier molecular flexibility index (Phi) is 6.68. The van der Waals surface area contributed by atoms with E-state index < -0.39 is 0 Å². The Morgan fingerprint density at radius 3 is 2.34 bits per heavy atom. The van der Waals surface area contributed by atoms with Gasteiger partial charge in [-0.3, -0.25) is 19.6 Å². The first-order valence-corrected chi connectivity index (χ1v) is 9.57. The van der Waals surface area contributed by atoms with E-state index in [4.69, 9.17) is 0 Å². The van der Waals surface area contributed by atoms with Crippen LogP contribution in [0.3, 0.4) is 0 Å². The van der Waals surface area contributed by atoms with Gasteiger partial charge in [0.15, 0.2) is 0 Å². The summed E-state index contributed by atoms with van der Waals surface area (Å²) in [6.07, 6.45) is 5.71. The second-order valence-corrected chi connectivity index (χ2v) is 6.65. The maximum absolute atomic E-state index is 13.0. The number of carbonyl (C=O) groups is 2. The van der Waals surface area contributed by atoms with E-state index in [1.807, 2.05) is 49.4 Å². The SMILES string of the molecule is CCN(C(=O)c1ccnc(C(=O)N(C)CCc2ccncc2)c1)c1ccccc1. The Labute approximate surface area is 170 Å². The predicted molar refractivity (Wildman–Crippen MR) is 113 cm³/mol. The van der Waals surface area contributed by atoms with Crippen molar-refractivity contribution in [2.75, 3.05) is 25.0 Å². The molecule has 0 N–H and O–H groups in total. The van der Waals surface area contributed by atoms with Crippen molar-refractivity contribution >= 4 is 17.5 Å². The van der Waals surface area contributed by atoms with E-state index in [9.17, 15) is 9.59 Å². The van der Waals surface area contributed by atoms with Crippen LogP contribution < -0.4 is 4.90 Å². The molecule has 0 aliphatic carbocycles. The Hall–Kier alpha value is -3.54. The summed E-state index contributed by atoms with van der Waals surface area (Å²) < 4.78 is 0. The van der Waals surface area contributed by atoms with Crippen molar-refractivity contribution in [1.82, 2.24) is 14.9 Å². The molecule has 0 atom stereocenters. The lowest BCUT2D eigenvalue weighted by Crippen LogP contribution is -2.32. The fraction of sp³-hybridized carbons (Fsp3) is 0.217. The van der Waals surface area contributed by atoms with Gasteiger partial charge in [-0.05, 0) is 55.3 Å². The van der Waals surface area contributed by atoms with Crippen LogP contribution in [-0.4, -0.2) is 46.8 Å². The third-order valence-electron chi connectivity index (χ3n) is 4.69. The van der Waals surface area contributed by atoms with Crippen LogP contribution in [-0.2, 0) is 6.42 Å². The van der Waals surface area contributed by atoms with Crippen LogP contribution in [0.5, 0.6) is 0 Å². The number of hydrogen-bond acceptors (Lipinski definition) is 4. The zero-order chi connectivity index (χ0) is 20.6. The van der Waals surface area contributed by atoms with Gasteiger partial charge in [-0.15, -0.1) is 0 Å². The van der Waals surface area contributed by atoms with Crippen LogP contribution in [0.25, 0.3) is 0 Å². The summed E-state index contributed by atoms with van der Waals surface area (Å²) >= 11 is 0. The largest absolute Gasteiger partial charge is 0.340 e. The Bertz CT molecular complexity index is 961. The normalized spacial score (nSPS) is 10.4. The molecule has 148 valence electrons. The number of pyridine rings is 2. The van der Waals surface area contributed by atoms with E-state index >= 15 is 0 Å². The van der Waals surface area contributed by atoms with Gasteiger partial charge < -0.3 is 9.80 Å². The van der Waals surface area contributed by atoms with Gasteiger partial charge in [0.25, 0.3) is 11.8 Å². The van der Waals surface area contributed by atoms with Crippen molar-refractivity contribution in [2.45, 2.75) is 13.3 Å². The van der Waals surface area contributed by atoms with Crippen LogP contribution in [0.1, 0.15) is 33.3 Å². The number of amides is 2. The predicted octanol–water partition coefficient (Wildman–Crippen LogP) is 3.46. The molecule has 3 rings (SSSR count). The van der Waals surface area contributed by atoms with Gasteiger partial charge in [0.2, 0.25) is 0 Å². The Morgan fingerprint density at radius 2 is 1.66 bits per heavy atom. The summed E-state index contributed by atoms with van der Waals surface area (Å²) in [5.74, 6) is -0.369. The second-order valence-electron chi connectivity index (χ2n) is 6.65. The summed E-state index contributed by atoms with van der Waals surface area (Å²) in [6, 6.07) is 16.5. The van der Waals surface area contributed by atoms with Crippen LogP contribution in [0.2, 0.25) is 0 Å². The van der Waals surface area contributed by atoms with Gasteiger partial charge in [0.1, 0.15) is 5.69 Å². The van der Waals surface area contributed by atoms with Crippen molar-refractivity contribution < 1.29 is 9.59 Å². The zero-order valence-electron chi connectivity index (χ0n) is 16.7. The molecule has 0 spiro atoms. The molecule has 0 radical (unpaired) electrons. The molecular formula is C23H24N4O2. The molecular weight excluding hydrogens is 364 g/mol. The average Bonchev–Trinajstić information content (AvgIpc) is 2.79. The number of aromatic nitrogens is 2. The van der Waals surface area contributed by atoms with Crippen LogP contribution in [0.4, 0.5) is 5.69 Å². The summed E-state index contributed by atoms with van der Waals surface area (Å²) in [7, 11) is 1.74. The quantitative estimate of drug-likeness (QED) is 0.622. The lowest BCUT2D eigenvalue weighted by molar-refractivity contribution is 0.0791. The first-order chi connectivity index (χ1) is 14.1. The number of nitrogens with zero attached hydrogens (tertiary/aromatic N) is 4. The minimum absolute atomic E-state index is 0.158. The van der Waals surface area contributed by atoms with Crippen LogP contribution in [0.15, 0.2) is 73.2 Å². The molecule has 3 aromatic rings. The topological polar surface area (TPSA) is 66.4 Å². The van der Waals surface area contributed by atoms with Crippen molar-refractivity contribution in [1.29, 1.82) is 0 Å². The highest BCUT2D eigenvalue weighted by atomic mass is 16.2. The lowest BCUT2D eigenvalue weighted by atomic mass is 10.1. The number of para-hydroxylation sites is 1. The molecule has 0 fully saturated rings. The highest BCUT2D eigenvalue weighted by Gasteiger charge is 2.19. The average molecular weight is 388 g/mol. The number of rotatable bonds is 7. The molecule has 29 heavy (non-hydrogen) atoms. The van der Waals surface area contributed by atoms with Gasteiger partial charge in [-0.25, -0.2) is 0 Å². The number of carbonyl (C=O) groups excluding carboxylic acids is 2. The van der Waals surface area contributed by atoms with Gasteiger partial charge in [-0.2, -0.15) is 0 Å². The number of anilines is 1. The third kappa shape index (κ3) is 5.04. The molecule has 2 heterocycles. The smallest absolute Gasteiger partial charge is 0.272 e. The van der Waals surface area contributed by atoms with Crippen LogP contribution >= 0.6 is 0 Å². The van der Waals surface area contributed by atoms with Gasteiger partial charge in [0.05, 0.1) is 0 Å². The van der Waals surface area contributed by atoms with Crippen molar-refractivity contribution in [3.8, 4) is 0 Å². The monoisotopic (exact) mass is 388 g/mol. The number of hydrogen-bond donors (Lipinski definition) is 0.